The number of epoxide rings is 4. The van der Waals surface area contributed by atoms with Crippen LogP contribution in [0.4, 0.5) is 0 Å². The first kappa shape index (κ1) is 35.3. The van der Waals surface area contributed by atoms with Crippen molar-refractivity contribution in [2.45, 2.75) is 101 Å². The molecule has 12 nitrogen and oxygen atoms in total. The molecule has 0 N–H and O–H groups in total. The van der Waals surface area contributed by atoms with Gasteiger partial charge < -0.3 is 37.9 Å². The molecular formula is C36H52O12. The van der Waals surface area contributed by atoms with Gasteiger partial charge in [-0.25, -0.2) is 0 Å². The fourth-order valence-electron chi connectivity index (χ4n) is 7.27. The van der Waals surface area contributed by atoms with Gasteiger partial charge in [-0.15, -0.1) is 0 Å². The molecule has 8 unspecified atom stereocenters. The molecule has 7 rings (SSSR count). The van der Waals surface area contributed by atoms with Crippen LogP contribution < -0.4 is 0 Å². The quantitative estimate of drug-likeness (QED) is 0.0481. The van der Waals surface area contributed by atoms with Crippen LogP contribution >= 0.6 is 0 Å². The van der Waals surface area contributed by atoms with Crippen molar-refractivity contribution in [2.24, 2.45) is 35.5 Å². The Bertz CT molecular complexity index is 958. The number of carbonyl (C=O) groups excluding carboxylic acids is 4. The van der Waals surface area contributed by atoms with Crippen molar-refractivity contribution in [1.82, 2.24) is 0 Å². The largest absolute Gasteiger partial charge is 0.465 e. The maximum absolute atomic E-state index is 13.8. The number of unbranched alkanes of at least 4 members (excludes halogenated alkanes) is 4. The van der Waals surface area contributed by atoms with E-state index >= 15 is 0 Å². The third-order valence-corrected chi connectivity index (χ3v) is 10.3. The second-order valence-corrected chi connectivity index (χ2v) is 14.1. The van der Waals surface area contributed by atoms with Gasteiger partial charge in [0, 0.05) is 11.8 Å². The van der Waals surface area contributed by atoms with Gasteiger partial charge in [-0.05, 0) is 77.0 Å². The number of allylic oxidation sites excluding steroid dienone is 2. The minimum Gasteiger partial charge on any atom is -0.465 e. The standard InChI is InChI=1S/C36H52O12/c37-33(41-15-5-1-9-23-19-45-23)29-27-13-14-28(30(29)34(38)42-16-6-2-10-24-20-46-24)32(36(40)44-18-8-4-12-26-22-48-26)31(27)35(39)43-17-7-3-11-25-21-47-25/h13-14,23-32H,1-12,15-22H2. The highest BCUT2D eigenvalue weighted by Crippen LogP contribution is 2.53. The van der Waals surface area contributed by atoms with Crippen LogP contribution in [0.2, 0.25) is 0 Å². The molecule has 4 aliphatic heterocycles. The van der Waals surface area contributed by atoms with E-state index in [4.69, 9.17) is 37.9 Å². The summed E-state index contributed by atoms with van der Waals surface area (Å²) in [6.07, 6.45) is 14.5. The molecule has 12 heteroatoms. The summed E-state index contributed by atoms with van der Waals surface area (Å²) in [6.45, 7) is 3.91. The van der Waals surface area contributed by atoms with E-state index in [2.05, 4.69) is 0 Å². The summed E-state index contributed by atoms with van der Waals surface area (Å²) in [7, 11) is 0. The Morgan fingerprint density at radius 1 is 0.417 bits per heavy atom. The average Bonchev–Trinajstić information content (AvgIpc) is 3.89. The summed E-state index contributed by atoms with van der Waals surface area (Å²) < 4.78 is 44.1. The van der Waals surface area contributed by atoms with E-state index in [-0.39, 0.29) is 26.4 Å². The first-order chi connectivity index (χ1) is 23.5. The zero-order valence-electron chi connectivity index (χ0n) is 28.0. The van der Waals surface area contributed by atoms with Gasteiger partial charge in [0.25, 0.3) is 0 Å². The highest BCUT2D eigenvalue weighted by Gasteiger charge is 2.62. The summed E-state index contributed by atoms with van der Waals surface area (Å²) >= 11 is 0. The molecular weight excluding hydrogens is 624 g/mol. The number of carbonyl (C=O) groups is 4. The zero-order valence-corrected chi connectivity index (χ0v) is 28.0. The molecule has 4 saturated heterocycles. The summed E-state index contributed by atoms with van der Waals surface area (Å²) in [4.78, 5) is 55.2. The van der Waals surface area contributed by atoms with E-state index in [0.29, 0.717) is 50.1 Å². The van der Waals surface area contributed by atoms with Crippen LogP contribution in [-0.2, 0) is 57.1 Å². The van der Waals surface area contributed by atoms with Gasteiger partial charge in [0.05, 0.1) is 101 Å². The molecule has 0 aromatic rings. The zero-order chi connectivity index (χ0) is 33.3. The van der Waals surface area contributed by atoms with Crippen LogP contribution in [0.15, 0.2) is 12.2 Å². The molecule has 0 spiro atoms. The summed E-state index contributed by atoms with van der Waals surface area (Å²) in [5, 5.41) is 0. The van der Waals surface area contributed by atoms with Crippen LogP contribution in [0, 0.1) is 35.5 Å². The molecule has 3 aliphatic carbocycles. The van der Waals surface area contributed by atoms with E-state index in [1.165, 1.54) is 0 Å². The minimum atomic E-state index is -0.980. The van der Waals surface area contributed by atoms with E-state index < -0.39 is 59.4 Å². The third-order valence-electron chi connectivity index (χ3n) is 10.3. The van der Waals surface area contributed by atoms with E-state index in [0.717, 1.165) is 77.8 Å². The van der Waals surface area contributed by atoms with Crippen molar-refractivity contribution in [3.8, 4) is 0 Å². The molecule has 2 bridgehead atoms. The van der Waals surface area contributed by atoms with Gasteiger partial charge in [0.1, 0.15) is 0 Å². The molecule has 5 fully saturated rings. The smallest absolute Gasteiger partial charge is 0.310 e. The van der Waals surface area contributed by atoms with Gasteiger partial charge in [-0.2, -0.15) is 0 Å². The summed E-state index contributed by atoms with van der Waals surface area (Å²) in [5.41, 5.74) is 0. The average molecular weight is 677 g/mol. The Balaban J connectivity index is 1.13. The second kappa shape index (κ2) is 17.4. The lowest BCUT2D eigenvalue weighted by Crippen LogP contribution is -2.58. The maximum atomic E-state index is 13.8. The molecule has 4 heterocycles. The second-order valence-electron chi connectivity index (χ2n) is 14.1. The van der Waals surface area contributed by atoms with Crippen molar-refractivity contribution in [3.05, 3.63) is 12.2 Å². The first-order valence-electron chi connectivity index (χ1n) is 18.3. The number of hydrogen-bond acceptors (Lipinski definition) is 12. The van der Waals surface area contributed by atoms with E-state index in [1.807, 2.05) is 0 Å². The van der Waals surface area contributed by atoms with Crippen LogP contribution in [0.25, 0.3) is 0 Å². The lowest BCUT2D eigenvalue weighted by molar-refractivity contribution is -0.185. The Kier molecular flexibility index (Phi) is 12.8. The Morgan fingerprint density at radius 3 is 0.854 bits per heavy atom. The van der Waals surface area contributed by atoms with Gasteiger partial charge >= 0.3 is 23.9 Å². The van der Waals surface area contributed by atoms with Crippen molar-refractivity contribution in [3.63, 3.8) is 0 Å². The minimum absolute atomic E-state index is 0.200. The van der Waals surface area contributed by atoms with Gasteiger partial charge in [-0.1, -0.05) is 12.2 Å². The molecule has 0 radical (unpaired) electrons. The Morgan fingerprint density at radius 2 is 0.646 bits per heavy atom. The van der Waals surface area contributed by atoms with Crippen molar-refractivity contribution < 1.29 is 57.1 Å². The molecule has 7 aliphatic rings. The predicted octanol–water partition coefficient (Wildman–Crippen LogP) is 3.72. The van der Waals surface area contributed by atoms with E-state index in [9.17, 15) is 19.2 Å². The molecule has 1 saturated carbocycles. The van der Waals surface area contributed by atoms with Crippen LogP contribution in [0.1, 0.15) is 77.0 Å². The lowest BCUT2D eigenvalue weighted by Gasteiger charge is -2.49. The lowest BCUT2D eigenvalue weighted by atomic mass is 9.53. The van der Waals surface area contributed by atoms with Crippen LogP contribution in [0.3, 0.4) is 0 Å². The fraction of sp³-hybridized carbons (Fsp3) is 0.833. The normalized spacial score (nSPS) is 33.5. The highest BCUT2D eigenvalue weighted by atomic mass is 16.6. The highest BCUT2D eigenvalue weighted by molar-refractivity contribution is 5.90. The van der Waals surface area contributed by atoms with Crippen molar-refractivity contribution in [1.29, 1.82) is 0 Å². The molecule has 0 amide bonds. The van der Waals surface area contributed by atoms with Gasteiger partial charge in [-0.3, -0.25) is 19.2 Å². The predicted molar refractivity (Wildman–Crippen MR) is 168 cm³/mol. The number of fused-ring (bicyclic) bond motifs is 2. The number of rotatable bonds is 24. The number of esters is 4. The van der Waals surface area contributed by atoms with Crippen molar-refractivity contribution >= 4 is 23.9 Å². The number of ether oxygens (including phenoxy) is 8. The van der Waals surface area contributed by atoms with Crippen molar-refractivity contribution in [2.75, 3.05) is 52.9 Å². The first-order valence-corrected chi connectivity index (χ1v) is 18.3. The maximum Gasteiger partial charge on any atom is 0.310 e. The molecule has 0 aromatic carbocycles. The monoisotopic (exact) mass is 676 g/mol. The molecule has 268 valence electrons. The molecule has 8 atom stereocenters. The van der Waals surface area contributed by atoms with Crippen LogP contribution in [0.5, 0.6) is 0 Å². The topological polar surface area (TPSA) is 155 Å². The summed E-state index contributed by atoms with van der Waals surface area (Å²) in [6, 6.07) is 0. The van der Waals surface area contributed by atoms with Crippen LogP contribution in [-0.4, -0.2) is 101 Å². The summed E-state index contributed by atoms with van der Waals surface area (Å²) in [5.74, 6) is -7.69. The third kappa shape index (κ3) is 10.5. The molecule has 48 heavy (non-hydrogen) atoms. The molecule has 0 aromatic heterocycles. The Labute approximate surface area is 282 Å². The fourth-order valence-corrected chi connectivity index (χ4v) is 7.27. The van der Waals surface area contributed by atoms with Gasteiger partial charge in [0.2, 0.25) is 0 Å². The number of hydrogen-bond donors (Lipinski definition) is 0. The SMILES string of the molecule is O=C(OCCCCC1CO1)C1C2C=CC(C1C(=O)OCCCCC1CO1)C(C(=O)OCCCCC1CO1)C2C(=O)OCCCCC1CO1. The Hall–Kier alpha value is -2.54. The van der Waals surface area contributed by atoms with E-state index in [1.54, 1.807) is 12.2 Å². The van der Waals surface area contributed by atoms with Gasteiger partial charge in [0.15, 0.2) is 0 Å².